The highest BCUT2D eigenvalue weighted by atomic mass is 32.1. The third kappa shape index (κ3) is 3.45. The van der Waals surface area contributed by atoms with Crippen molar-refractivity contribution in [1.82, 2.24) is 4.90 Å². The molecule has 0 spiro atoms. The molecule has 0 saturated carbocycles. The zero-order valence-corrected chi connectivity index (χ0v) is 12.1. The van der Waals surface area contributed by atoms with Crippen LogP contribution in [0.3, 0.4) is 0 Å². The van der Waals surface area contributed by atoms with Gasteiger partial charge in [-0.15, -0.1) is 11.3 Å². The Balaban J connectivity index is 2.02. The van der Waals surface area contributed by atoms with E-state index in [2.05, 4.69) is 4.90 Å². The Bertz CT molecular complexity index is 585. The van der Waals surface area contributed by atoms with Crippen LogP contribution in [0.4, 0.5) is 0 Å². The smallest absolute Gasteiger partial charge is 0.345 e. The van der Waals surface area contributed by atoms with Crippen LogP contribution in [0.5, 0.6) is 0 Å². The van der Waals surface area contributed by atoms with E-state index in [4.69, 9.17) is 9.52 Å². The summed E-state index contributed by atoms with van der Waals surface area (Å²) >= 11 is 1.33. The molecule has 0 saturated heterocycles. The van der Waals surface area contributed by atoms with E-state index in [1.54, 1.807) is 6.07 Å². The van der Waals surface area contributed by atoms with Crippen LogP contribution >= 0.6 is 11.3 Å². The molecule has 0 radical (unpaired) electrons. The van der Waals surface area contributed by atoms with Gasteiger partial charge in [-0.3, -0.25) is 4.90 Å². The Morgan fingerprint density at radius 3 is 2.63 bits per heavy atom. The van der Waals surface area contributed by atoms with E-state index in [0.29, 0.717) is 11.4 Å². The van der Waals surface area contributed by atoms with Gasteiger partial charge in [-0.25, -0.2) is 4.79 Å². The van der Waals surface area contributed by atoms with Gasteiger partial charge in [0.05, 0.1) is 6.54 Å². The molecular weight excluding hydrogens is 262 g/mol. The topological polar surface area (TPSA) is 53.7 Å². The molecule has 0 aliphatic heterocycles. The molecule has 0 aliphatic rings. The highest BCUT2D eigenvalue weighted by Crippen LogP contribution is 2.23. The van der Waals surface area contributed by atoms with Gasteiger partial charge >= 0.3 is 5.97 Å². The Labute approximate surface area is 116 Å². The van der Waals surface area contributed by atoms with Crippen LogP contribution in [-0.4, -0.2) is 23.0 Å². The highest BCUT2D eigenvalue weighted by Gasteiger charge is 2.13. The van der Waals surface area contributed by atoms with Crippen LogP contribution in [-0.2, 0) is 13.1 Å². The first-order chi connectivity index (χ1) is 8.95. The summed E-state index contributed by atoms with van der Waals surface area (Å²) in [4.78, 5) is 14.5. The summed E-state index contributed by atoms with van der Waals surface area (Å²) in [5, 5.41) is 8.98. The number of hydrogen-bond donors (Lipinski definition) is 1. The Morgan fingerprint density at radius 1 is 1.37 bits per heavy atom. The largest absolute Gasteiger partial charge is 0.477 e. The SMILES string of the molecule is Cc1ccc(CN(C)Cc2cc(C(=O)O)sc2C)o1. The second-order valence-electron chi connectivity index (χ2n) is 4.68. The van der Waals surface area contributed by atoms with Crippen LogP contribution in [0.15, 0.2) is 22.6 Å². The molecule has 0 bridgehead atoms. The van der Waals surface area contributed by atoms with Gasteiger partial charge in [-0.05, 0) is 44.7 Å². The van der Waals surface area contributed by atoms with Gasteiger partial charge in [0.1, 0.15) is 16.4 Å². The van der Waals surface area contributed by atoms with Crippen molar-refractivity contribution in [2.24, 2.45) is 0 Å². The predicted molar refractivity (Wildman–Crippen MR) is 74.6 cm³/mol. The fraction of sp³-hybridized carbons (Fsp3) is 0.357. The summed E-state index contributed by atoms with van der Waals surface area (Å²) in [5.41, 5.74) is 1.06. The van der Waals surface area contributed by atoms with Gasteiger partial charge in [0.2, 0.25) is 0 Å². The van der Waals surface area contributed by atoms with Crippen LogP contribution in [0.2, 0.25) is 0 Å². The lowest BCUT2D eigenvalue weighted by atomic mass is 10.2. The molecule has 0 aliphatic carbocycles. The fourth-order valence-electron chi connectivity index (χ4n) is 1.97. The van der Waals surface area contributed by atoms with Crippen LogP contribution in [0, 0.1) is 13.8 Å². The average Bonchev–Trinajstić information content (AvgIpc) is 2.86. The molecule has 2 heterocycles. The molecule has 0 amide bonds. The van der Waals surface area contributed by atoms with Crippen LogP contribution in [0.1, 0.15) is 31.6 Å². The van der Waals surface area contributed by atoms with Crippen LogP contribution in [0.25, 0.3) is 0 Å². The van der Waals surface area contributed by atoms with Crippen molar-refractivity contribution in [3.8, 4) is 0 Å². The monoisotopic (exact) mass is 279 g/mol. The summed E-state index contributed by atoms with van der Waals surface area (Å²) in [5.74, 6) is 0.971. The number of thiophene rings is 1. The number of rotatable bonds is 5. The van der Waals surface area contributed by atoms with E-state index >= 15 is 0 Å². The first-order valence-electron chi connectivity index (χ1n) is 6.02. The van der Waals surface area contributed by atoms with Gasteiger partial charge in [0.25, 0.3) is 0 Å². The minimum Gasteiger partial charge on any atom is -0.477 e. The summed E-state index contributed by atoms with van der Waals surface area (Å²) in [6, 6.07) is 5.67. The third-order valence-corrected chi connectivity index (χ3v) is 3.97. The quantitative estimate of drug-likeness (QED) is 0.912. The lowest BCUT2D eigenvalue weighted by Crippen LogP contribution is -2.16. The number of carboxylic acid groups (broad SMARTS) is 1. The second kappa shape index (κ2) is 5.59. The van der Waals surface area contributed by atoms with Gasteiger partial charge in [-0.2, -0.15) is 0 Å². The molecule has 2 rings (SSSR count). The summed E-state index contributed by atoms with van der Waals surface area (Å²) in [6.07, 6.45) is 0. The molecule has 5 heteroatoms. The van der Waals surface area contributed by atoms with E-state index in [-0.39, 0.29) is 0 Å². The van der Waals surface area contributed by atoms with Crippen LogP contribution < -0.4 is 0 Å². The zero-order chi connectivity index (χ0) is 14.0. The van der Waals surface area contributed by atoms with Crippen molar-refractivity contribution in [1.29, 1.82) is 0 Å². The number of aromatic carboxylic acids is 1. The molecule has 102 valence electrons. The van der Waals surface area contributed by atoms with Crippen molar-refractivity contribution >= 4 is 17.3 Å². The average molecular weight is 279 g/mol. The van der Waals surface area contributed by atoms with Crippen molar-refractivity contribution in [3.05, 3.63) is 45.0 Å². The Kier molecular flexibility index (Phi) is 4.07. The number of hydrogen-bond acceptors (Lipinski definition) is 4. The molecule has 2 aromatic heterocycles. The van der Waals surface area contributed by atoms with E-state index in [9.17, 15) is 4.79 Å². The lowest BCUT2D eigenvalue weighted by molar-refractivity contribution is 0.0702. The van der Waals surface area contributed by atoms with Gasteiger partial charge in [-0.1, -0.05) is 0 Å². The molecule has 4 nitrogen and oxygen atoms in total. The molecule has 0 atom stereocenters. The number of furan rings is 1. The fourth-order valence-corrected chi connectivity index (χ4v) is 2.84. The van der Waals surface area contributed by atoms with E-state index in [0.717, 1.165) is 28.5 Å². The number of carboxylic acids is 1. The van der Waals surface area contributed by atoms with Crippen molar-refractivity contribution < 1.29 is 14.3 Å². The molecule has 2 aromatic rings. The zero-order valence-electron chi connectivity index (χ0n) is 11.3. The van der Waals surface area contributed by atoms with Crippen molar-refractivity contribution in [2.75, 3.05) is 7.05 Å². The van der Waals surface area contributed by atoms with E-state index in [1.807, 2.05) is 33.0 Å². The first kappa shape index (κ1) is 13.8. The summed E-state index contributed by atoms with van der Waals surface area (Å²) in [7, 11) is 2.00. The minimum absolute atomic E-state index is 0.398. The lowest BCUT2D eigenvalue weighted by Gasteiger charge is -2.14. The standard InChI is InChI=1S/C14H17NO3S/c1-9-4-5-12(18-9)8-15(3)7-11-6-13(14(16)17)19-10(11)2/h4-6H,7-8H2,1-3H3,(H,16,17). The molecular formula is C14H17NO3S. The van der Waals surface area contributed by atoms with Gasteiger partial charge < -0.3 is 9.52 Å². The third-order valence-electron chi connectivity index (χ3n) is 2.89. The van der Waals surface area contributed by atoms with Gasteiger partial charge in [0.15, 0.2) is 0 Å². The number of carbonyl (C=O) groups is 1. The maximum atomic E-state index is 10.9. The molecule has 19 heavy (non-hydrogen) atoms. The Hall–Kier alpha value is -1.59. The van der Waals surface area contributed by atoms with E-state index in [1.165, 1.54) is 11.3 Å². The predicted octanol–water partition coefficient (Wildman–Crippen LogP) is 3.29. The van der Waals surface area contributed by atoms with Crippen molar-refractivity contribution in [2.45, 2.75) is 26.9 Å². The normalized spacial score (nSPS) is 11.2. The maximum Gasteiger partial charge on any atom is 0.345 e. The first-order valence-corrected chi connectivity index (χ1v) is 6.84. The molecule has 0 aromatic carbocycles. The summed E-state index contributed by atoms with van der Waals surface area (Å²) < 4.78 is 5.53. The maximum absolute atomic E-state index is 10.9. The Morgan fingerprint density at radius 2 is 2.11 bits per heavy atom. The molecule has 0 unspecified atom stereocenters. The van der Waals surface area contributed by atoms with Gasteiger partial charge in [0, 0.05) is 11.4 Å². The summed E-state index contributed by atoms with van der Waals surface area (Å²) in [6.45, 7) is 5.31. The minimum atomic E-state index is -0.858. The van der Waals surface area contributed by atoms with Crippen molar-refractivity contribution in [3.63, 3.8) is 0 Å². The van der Waals surface area contributed by atoms with E-state index < -0.39 is 5.97 Å². The second-order valence-corrected chi connectivity index (χ2v) is 5.94. The number of aryl methyl sites for hydroxylation is 2. The highest BCUT2D eigenvalue weighted by molar-refractivity contribution is 7.14. The molecule has 0 fully saturated rings. The molecule has 1 N–H and O–H groups in total. The number of nitrogens with zero attached hydrogens (tertiary/aromatic N) is 1.